The van der Waals surface area contributed by atoms with Crippen molar-refractivity contribution in [3.8, 4) is 0 Å². The van der Waals surface area contributed by atoms with Gasteiger partial charge in [0.2, 0.25) is 11.8 Å². The van der Waals surface area contributed by atoms with Crippen molar-refractivity contribution in [1.82, 2.24) is 9.80 Å². The molecule has 1 saturated carbocycles. The van der Waals surface area contributed by atoms with Crippen LogP contribution in [0, 0.1) is 0 Å². The molecule has 0 aromatic heterocycles. The van der Waals surface area contributed by atoms with E-state index in [1.807, 2.05) is 0 Å². The molecule has 0 bridgehead atoms. The summed E-state index contributed by atoms with van der Waals surface area (Å²) < 4.78 is 0. The summed E-state index contributed by atoms with van der Waals surface area (Å²) in [4.78, 5) is 32.7. The highest BCUT2D eigenvalue weighted by molar-refractivity contribution is 5.72. The summed E-state index contributed by atoms with van der Waals surface area (Å²) in [5, 5.41) is 35.6. The second kappa shape index (κ2) is 9.11. The minimum absolute atomic E-state index is 0.220. The van der Waals surface area contributed by atoms with Gasteiger partial charge in [-0.3, -0.25) is 19.4 Å². The lowest BCUT2D eigenvalue weighted by Crippen LogP contribution is -2.48. The second-order valence-electron chi connectivity index (χ2n) is 5.51. The third-order valence-electron chi connectivity index (χ3n) is 3.93. The van der Waals surface area contributed by atoms with Crippen LogP contribution in [0.15, 0.2) is 24.9 Å². The number of carboxylic acids is 2. The average Bonchev–Trinajstić information content (AvgIpc) is 2.53. The van der Waals surface area contributed by atoms with Gasteiger partial charge in [-0.15, -0.1) is 0 Å². The second-order valence-corrected chi connectivity index (χ2v) is 5.51. The summed E-state index contributed by atoms with van der Waals surface area (Å²) in [5.41, 5.74) is 0. The molecule has 10 heteroatoms. The first-order valence-electron chi connectivity index (χ1n) is 7.27. The topological polar surface area (TPSA) is 140 Å². The van der Waals surface area contributed by atoms with Crippen LogP contribution >= 0.6 is 0 Å². The van der Waals surface area contributed by atoms with E-state index >= 15 is 0 Å². The van der Waals surface area contributed by atoms with Crippen molar-refractivity contribution in [3.05, 3.63) is 24.9 Å². The summed E-state index contributed by atoms with van der Waals surface area (Å²) in [6, 6.07) is -0.690. The largest absolute Gasteiger partial charge is 0.480 e. The zero-order chi connectivity index (χ0) is 18.3. The highest BCUT2D eigenvalue weighted by atomic mass is 17.1. The Morgan fingerprint density at radius 3 is 1.83 bits per heavy atom. The zero-order valence-electron chi connectivity index (χ0n) is 13.1. The molecule has 0 aromatic rings. The maximum atomic E-state index is 11.0. The Balaban J connectivity index is 2.92. The fourth-order valence-electron chi connectivity index (χ4n) is 3.00. The standard InChI is InChI=1S/C14H22N2O8/c1-9(23-21)16(10(2)24-22)12-5-3-4-11(6-12)15(7-13(17)18)8-14(19)20/h11-12,21-22H,1-8H2,(H,17,18)(H,19,20). The Kier molecular flexibility index (Phi) is 7.49. The molecule has 0 aromatic carbocycles. The summed E-state index contributed by atoms with van der Waals surface area (Å²) in [6.07, 6.45) is 2.24. The van der Waals surface area contributed by atoms with Gasteiger partial charge in [-0.1, -0.05) is 0 Å². The Labute approximate surface area is 138 Å². The van der Waals surface area contributed by atoms with Gasteiger partial charge in [0.1, 0.15) is 0 Å². The Hall–Kier alpha value is -2.30. The molecule has 2 unspecified atom stereocenters. The van der Waals surface area contributed by atoms with Gasteiger partial charge in [0, 0.05) is 12.1 Å². The zero-order valence-corrected chi connectivity index (χ0v) is 13.1. The molecule has 0 amide bonds. The van der Waals surface area contributed by atoms with E-state index < -0.39 is 25.0 Å². The highest BCUT2D eigenvalue weighted by Gasteiger charge is 2.34. The van der Waals surface area contributed by atoms with Crippen molar-refractivity contribution in [1.29, 1.82) is 0 Å². The van der Waals surface area contributed by atoms with Crippen LogP contribution in [0.1, 0.15) is 25.7 Å². The first kappa shape index (κ1) is 19.7. The number of aliphatic carboxylic acids is 2. The van der Waals surface area contributed by atoms with Crippen molar-refractivity contribution in [2.75, 3.05) is 13.1 Å². The third-order valence-corrected chi connectivity index (χ3v) is 3.93. The number of nitrogens with zero attached hydrogens (tertiary/aromatic N) is 2. The molecule has 1 aliphatic carbocycles. The summed E-state index contributed by atoms with van der Waals surface area (Å²) in [5.74, 6) is -2.69. The van der Waals surface area contributed by atoms with Crippen molar-refractivity contribution in [2.24, 2.45) is 0 Å². The van der Waals surface area contributed by atoms with E-state index in [0.29, 0.717) is 25.7 Å². The highest BCUT2D eigenvalue weighted by Crippen LogP contribution is 2.30. The quantitative estimate of drug-likeness (QED) is 0.257. The molecule has 0 saturated heterocycles. The molecule has 0 radical (unpaired) electrons. The summed E-state index contributed by atoms with van der Waals surface area (Å²) >= 11 is 0. The number of rotatable bonds is 10. The van der Waals surface area contributed by atoms with E-state index in [1.54, 1.807) is 0 Å². The molecule has 10 nitrogen and oxygen atoms in total. The number of carbonyl (C=O) groups is 2. The van der Waals surface area contributed by atoms with Crippen LogP contribution in [0.2, 0.25) is 0 Å². The molecular formula is C14H22N2O8. The average molecular weight is 346 g/mol. The first-order valence-corrected chi connectivity index (χ1v) is 7.27. The van der Waals surface area contributed by atoms with E-state index in [-0.39, 0.29) is 23.8 Å². The fraction of sp³-hybridized carbons (Fsp3) is 0.571. The minimum Gasteiger partial charge on any atom is -0.480 e. The van der Waals surface area contributed by atoms with E-state index in [2.05, 4.69) is 22.9 Å². The third kappa shape index (κ3) is 5.41. The van der Waals surface area contributed by atoms with Crippen LogP contribution in [-0.2, 0) is 19.4 Å². The molecule has 0 aliphatic heterocycles. The van der Waals surface area contributed by atoms with Gasteiger partial charge >= 0.3 is 11.9 Å². The predicted molar refractivity (Wildman–Crippen MR) is 80.4 cm³/mol. The van der Waals surface area contributed by atoms with Crippen LogP contribution < -0.4 is 0 Å². The van der Waals surface area contributed by atoms with Gasteiger partial charge in [-0.25, -0.2) is 10.5 Å². The van der Waals surface area contributed by atoms with E-state index in [0.717, 1.165) is 0 Å². The molecule has 1 rings (SSSR count). The molecule has 1 fully saturated rings. The van der Waals surface area contributed by atoms with Crippen LogP contribution in [-0.4, -0.2) is 67.6 Å². The minimum atomic E-state index is -1.12. The molecule has 136 valence electrons. The number of hydrogen-bond acceptors (Lipinski definition) is 8. The fourth-order valence-corrected chi connectivity index (χ4v) is 3.00. The van der Waals surface area contributed by atoms with E-state index in [4.69, 9.17) is 20.7 Å². The number of carboxylic acid groups (broad SMARTS) is 2. The Morgan fingerprint density at radius 1 is 0.958 bits per heavy atom. The molecular weight excluding hydrogens is 324 g/mol. The lowest BCUT2D eigenvalue weighted by atomic mass is 9.89. The molecule has 4 N–H and O–H groups in total. The van der Waals surface area contributed by atoms with Crippen molar-refractivity contribution in [3.63, 3.8) is 0 Å². The van der Waals surface area contributed by atoms with Crippen molar-refractivity contribution in [2.45, 2.75) is 37.8 Å². The lowest BCUT2D eigenvalue weighted by Gasteiger charge is -2.40. The molecule has 0 spiro atoms. The van der Waals surface area contributed by atoms with Crippen LogP contribution in [0.5, 0.6) is 0 Å². The van der Waals surface area contributed by atoms with Gasteiger partial charge in [-0.2, -0.15) is 0 Å². The van der Waals surface area contributed by atoms with Crippen molar-refractivity contribution >= 4 is 11.9 Å². The molecule has 1 aliphatic rings. The Bertz CT molecular complexity index is 463. The van der Waals surface area contributed by atoms with Gasteiger partial charge < -0.3 is 20.0 Å². The lowest BCUT2D eigenvalue weighted by molar-refractivity contribution is -0.257. The van der Waals surface area contributed by atoms with Crippen LogP contribution in [0.3, 0.4) is 0 Å². The Morgan fingerprint density at radius 2 is 1.42 bits per heavy atom. The first-order chi connectivity index (χ1) is 11.3. The normalized spacial score (nSPS) is 20.3. The monoisotopic (exact) mass is 346 g/mol. The maximum absolute atomic E-state index is 11.0. The van der Waals surface area contributed by atoms with Gasteiger partial charge in [0.05, 0.1) is 13.1 Å². The van der Waals surface area contributed by atoms with Crippen LogP contribution in [0.25, 0.3) is 0 Å². The van der Waals surface area contributed by atoms with Crippen molar-refractivity contribution < 1.29 is 40.1 Å². The van der Waals surface area contributed by atoms with E-state index in [1.165, 1.54) is 9.80 Å². The SMILES string of the molecule is C=C(OO)N(C(=C)OO)C1CCCC(N(CC(=O)O)CC(=O)O)C1. The van der Waals surface area contributed by atoms with Gasteiger partial charge in [-0.05, 0) is 38.8 Å². The van der Waals surface area contributed by atoms with E-state index in [9.17, 15) is 9.59 Å². The summed E-state index contributed by atoms with van der Waals surface area (Å²) in [6.45, 7) is 6.16. The predicted octanol–water partition coefficient (Wildman–Crippen LogP) is 0.992. The molecule has 2 atom stereocenters. The molecule has 0 heterocycles. The summed E-state index contributed by atoms with van der Waals surface area (Å²) in [7, 11) is 0. The maximum Gasteiger partial charge on any atom is 0.317 e. The number of hydrogen-bond donors (Lipinski definition) is 4. The van der Waals surface area contributed by atoms with Gasteiger partial charge in [0.25, 0.3) is 0 Å². The smallest absolute Gasteiger partial charge is 0.317 e. The van der Waals surface area contributed by atoms with Gasteiger partial charge in [0.15, 0.2) is 0 Å². The van der Waals surface area contributed by atoms with Crippen LogP contribution in [0.4, 0.5) is 0 Å². The molecule has 24 heavy (non-hydrogen) atoms.